The van der Waals surface area contributed by atoms with Crippen molar-refractivity contribution in [1.82, 2.24) is 5.32 Å². The van der Waals surface area contributed by atoms with E-state index in [1.54, 1.807) is 12.4 Å². The number of hydrogen-bond donors (Lipinski definition) is 2. The Morgan fingerprint density at radius 2 is 2.30 bits per heavy atom. The molecule has 0 heterocycles. The molecule has 0 spiro atoms. The van der Waals surface area contributed by atoms with E-state index < -0.39 is 0 Å². The van der Waals surface area contributed by atoms with Crippen molar-refractivity contribution in [2.75, 3.05) is 6.67 Å². The first-order valence-corrected chi connectivity index (χ1v) is 2.90. The standard InChI is InChI=1S/C6H11N3O/c1-2-7-6-8-4-3-5-9-10/h2,4-5,7,10H,1,3,6H2/b8-4+,9-5-. The van der Waals surface area contributed by atoms with E-state index >= 15 is 0 Å². The molecule has 0 saturated heterocycles. The molecule has 0 aromatic carbocycles. The van der Waals surface area contributed by atoms with Crippen LogP contribution < -0.4 is 5.32 Å². The molecule has 0 atom stereocenters. The van der Waals surface area contributed by atoms with E-state index in [0.717, 1.165) is 0 Å². The quantitative estimate of drug-likeness (QED) is 0.255. The summed E-state index contributed by atoms with van der Waals surface area (Å²) in [6.07, 6.45) is 5.13. The van der Waals surface area contributed by atoms with Gasteiger partial charge in [-0.1, -0.05) is 6.58 Å². The fourth-order valence-electron chi connectivity index (χ4n) is 0.351. The van der Waals surface area contributed by atoms with Crippen molar-refractivity contribution in [2.45, 2.75) is 6.42 Å². The minimum Gasteiger partial charge on any atom is -0.411 e. The summed E-state index contributed by atoms with van der Waals surface area (Å²) >= 11 is 0. The average Bonchev–Trinajstić information content (AvgIpc) is 1.97. The molecular weight excluding hydrogens is 130 g/mol. The number of nitrogens with zero attached hydrogens (tertiary/aromatic N) is 2. The van der Waals surface area contributed by atoms with Gasteiger partial charge in [0.1, 0.15) is 6.67 Å². The third-order valence-corrected chi connectivity index (χ3v) is 0.748. The lowest BCUT2D eigenvalue weighted by atomic mass is 10.5. The topological polar surface area (TPSA) is 57.0 Å². The molecule has 0 aromatic heterocycles. The lowest BCUT2D eigenvalue weighted by molar-refractivity contribution is 0.321. The van der Waals surface area contributed by atoms with E-state index in [1.165, 1.54) is 6.21 Å². The van der Waals surface area contributed by atoms with Crippen molar-refractivity contribution in [3.63, 3.8) is 0 Å². The summed E-state index contributed by atoms with van der Waals surface area (Å²) in [4.78, 5) is 3.89. The van der Waals surface area contributed by atoms with Crippen LogP contribution in [0.15, 0.2) is 22.9 Å². The molecule has 0 radical (unpaired) electrons. The minimum atomic E-state index is 0.517. The number of oxime groups is 1. The maximum Gasteiger partial charge on any atom is 0.106 e. The summed E-state index contributed by atoms with van der Waals surface area (Å²) < 4.78 is 0. The van der Waals surface area contributed by atoms with E-state index in [9.17, 15) is 0 Å². The maximum absolute atomic E-state index is 7.94. The Kier molecular flexibility index (Phi) is 6.67. The fourth-order valence-corrected chi connectivity index (χ4v) is 0.351. The molecule has 0 aliphatic carbocycles. The monoisotopic (exact) mass is 141 g/mol. The third-order valence-electron chi connectivity index (χ3n) is 0.748. The highest BCUT2D eigenvalue weighted by molar-refractivity contribution is 5.78. The van der Waals surface area contributed by atoms with Gasteiger partial charge in [-0.2, -0.15) is 0 Å². The second-order valence-corrected chi connectivity index (χ2v) is 1.47. The van der Waals surface area contributed by atoms with Crippen LogP contribution in [0.1, 0.15) is 6.42 Å². The first-order valence-electron chi connectivity index (χ1n) is 2.90. The van der Waals surface area contributed by atoms with Gasteiger partial charge in [-0.3, -0.25) is 4.99 Å². The van der Waals surface area contributed by atoms with Crippen molar-refractivity contribution in [2.24, 2.45) is 10.1 Å². The number of nitrogens with one attached hydrogen (secondary N) is 1. The zero-order valence-corrected chi connectivity index (χ0v) is 5.70. The summed E-state index contributed by atoms with van der Waals surface area (Å²) in [5, 5.41) is 13.5. The average molecular weight is 141 g/mol. The maximum atomic E-state index is 7.94. The van der Waals surface area contributed by atoms with Crippen LogP contribution in [-0.4, -0.2) is 24.3 Å². The minimum absolute atomic E-state index is 0.517. The highest BCUT2D eigenvalue weighted by atomic mass is 16.4. The van der Waals surface area contributed by atoms with E-state index in [1.807, 2.05) is 0 Å². The molecule has 4 heteroatoms. The van der Waals surface area contributed by atoms with E-state index in [4.69, 9.17) is 5.21 Å². The van der Waals surface area contributed by atoms with Crippen molar-refractivity contribution >= 4 is 12.4 Å². The predicted molar refractivity (Wildman–Crippen MR) is 41.6 cm³/mol. The van der Waals surface area contributed by atoms with Crippen molar-refractivity contribution < 1.29 is 5.21 Å². The van der Waals surface area contributed by atoms with Crippen LogP contribution >= 0.6 is 0 Å². The number of rotatable bonds is 5. The van der Waals surface area contributed by atoms with Crippen LogP contribution in [0.5, 0.6) is 0 Å². The van der Waals surface area contributed by atoms with Crippen LogP contribution in [0.25, 0.3) is 0 Å². The lowest BCUT2D eigenvalue weighted by Gasteiger charge is -1.89. The van der Waals surface area contributed by atoms with Gasteiger partial charge in [-0.25, -0.2) is 0 Å². The molecule has 0 unspecified atom stereocenters. The van der Waals surface area contributed by atoms with Gasteiger partial charge in [0.25, 0.3) is 0 Å². The second kappa shape index (κ2) is 7.68. The number of hydrogen-bond acceptors (Lipinski definition) is 4. The van der Waals surface area contributed by atoms with Crippen molar-refractivity contribution in [3.05, 3.63) is 12.8 Å². The van der Waals surface area contributed by atoms with Gasteiger partial charge in [0.05, 0.1) is 0 Å². The molecule has 4 nitrogen and oxygen atoms in total. The Balaban J connectivity index is 3.11. The summed E-state index contributed by atoms with van der Waals surface area (Å²) in [7, 11) is 0. The molecule has 0 bridgehead atoms. The summed E-state index contributed by atoms with van der Waals surface area (Å²) in [6.45, 7) is 3.96. The van der Waals surface area contributed by atoms with E-state index in [2.05, 4.69) is 22.0 Å². The smallest absolute Gasteiger partial charge is 0.106 e. The SMILES string of the molecule is C=CNC/N=C/C/C=N\O. The summed E-state index contributed by atoms with van der Waals surface area (Å²) in [6, 6.07) is 0. The normalized spacial score (nSPS) is 10.8. The van der Waals surface area contributed by atoms with Crippen LogP contribution in [0.2, 0.25) is 0 Å². The van der Waals surface area contributed by atoms with Crippen LogP contribution in [0, 0.1) is 0 Å². The Morgan fingerprint density at radius 1 is 1.50 bits per heavy atom. The largest absolute Gasteiger partial charge is 0.411 e. The third kappa shape index (κ3) is 6.68. The summed E-state index contributed by atoms with van der Waals surface area (Å²) in [5.74, 6) is 0. The highest BCUT2D eigenvalue weighted by Crippen LogP contribution is 1.68. The Hall–Kier alpha value is -1.32. The van der Waals surface area contributed by atoms with Crippen LogP contribution in [0.3, 0.4) is 0 Å². The molecule has 0 amide bonds. The first-order chi connectivity index (χ1) is 4.91. The van der Waals surface area contributed by atoms with Gasteiger partial charge < -0.3 is 10.5 Å². The van der Waals surface area contributed by atoms with Gasteiger partial charge in [0, 0.05) is 18.9 Å². The second-order valence-electron chi connectivity index (χ2n) is 1.47. The van der Waals surface area contributed by atoms with Gasteiger partial charge in [-0.05, 0) is 6.20 Å². The molecule has 0 aromatic rings. The van der Waals surface area contributed by atoms with Gasteiger partial charge in [-0.15, -0.1) is 5.16 Å². The Labute approximate surface area is 60.0 Å². The molecule has 0 aliphatic rings. The molecule has 10 heavy (non-hydrogen) atoms. The van der Waals surface area contributed by atoms with Gasteiger partial charge in [0.15, 0.2) is 0 Å². The Bertz CT molecular complexity index is 131. The molecule has 56 valence electrons. The first kappa shape index (κ1) is 8.68. The Morgan fingerprint density at radius 3 is 2.90 bits per heavy atom. The van der Waals surface area contributed by atoms with Gasteiger partial charge >= 0.3 is 0 Å². The molecule has 2 N–H and O–H groups in total. The number of aliphatic imine (C=N–C) groups is 1. The van der Waals surface area contributed by atoms with Crippen LogP contribution in [0.4, 0.5) is 0 Å². The predicted octanol–water partition coefficient (Wildman–Crippen LogP) is 0.598. The zero-order chi connectivity index (χ0) is 7.66. The molecule has 0 rings (SSSR count). The lowest BCUT2D eigenvalue weighted by Crippen LogP contribution is -2.02. The molecule has 0 fully saturated rings. The van der Waals surface area contributed by atoms with Gasteiger partial charge in [0.2, 0.25) is 0 Å². The molecule has 0 saturated carbocycles. The van der Waals surface area contributed by atoms with E-state index in [0.29, 0.717) is 13.1 Å². The van der Waals surface area contributed by atoms with E-state index in [-0.39, 0.29) is 0 Å². The zero-order valence-electron chi connectivity index (χ0n) is 5.70. The van der Waals surface area contributed by atoms with Crippen LogP contribution in [-0.2, 0) is 0 Å². The summed E-state index contributed by atoms with van der Waals surface area (Å²) in [5.41, 5.74) is 0. The van der Waals surface area contributed by atoms with Crippen molar-refractivity contribution in [1.29, 1.82) is 0 Å². The fraction of sp³-hybridized carbons (Fsp3) is 0.333. The van der Waals surface area contributed by atoms with Crippen molar-refractivity contribution in [3.8, 4) is 0 Å². The molecular formula is C6H11N3O. The molecule has 0 aliphatic heterocycles. The highest BCUT2D eigenvalue weighted by Gasteiger charge is 1.71.